The van der Waals surface area contributed by atoms with Crippen molar-refractivity contribution in [1.29, 1.82) is 0 Å². The number of fused-ring (bicyclic) bond motifs is 3. The lowest BCUT2D eigenvalue weighted by atomic mass is 10.1. The Kier molecular flexibility index (Phi) is 2.57. The van der Waals surface area contributed by atoms with Crippen molar-refractivity contribution in [2.45, 2.75) is 13.3 Å². The lowest BCUT2D eigenvalue weighted by Crippen LogP contribution is -1.93. The number of hydrogen-bond acceptors (Lipinski definition) is 4. The summed E-state index contributed by atoms with van der Waals surface area (Å²) < 4.78 is 0. The fourth-order valence-corrected chi connectivity index (χ4v) is 3.47. The van der Waals surface area contributed by atoms with Crippen LogP contribution in [0.1, 0.15) is 16.0 Å². The van der Waals surface area contributed by atoms with Crippen molar-refractivity contribution in [1.82, 2.24) is 9.97 Å². The zero-order valence-electron chi connectivity index (χ0n) is 11.1. The van der Waals surface area contributed by atoms with Crippen LogP contribution in [0.2, 0.25) is 0 Å². The van der Waals surface area contributed by atoms with E-state index in [-0.39, 0.29) is 0 Å². The summed E-state index contributed by atoms with van der Waals surface area (Å²) in [6.07, 6.45) is 2.85. The summed E-state index contributed by atoms with van der Waals surface area (Å²) in [4.78, 5) is 10.4. The summed E-state index contributed by atoms with van der Waals surface area (Å²) in [5, 5.41) is 4.21. The molecule has 2 aromatic heterocycles. The Balaban J connectivity index is 1.66. The molecule has 3 nitrogen and oxygen atoms in total. The molecule has 0 saturated carbocycles. The second-order valence-electron chi connectivity index (χ2n) is 4.97. The molecular formula is C16H13N3S. The van der Waals surface area contributed by atoms with E-state index in [2.05, 4.69) is 34.6 Å². The number of nitrogens with one attached hydrogen (secondary N) is 1. The predicted octanol–water partition coefficient (Wildman–Crippen LogP) is 4.16. The van der Waals surface area contributed by atoms with Gasteiger partial charge in [-0.1, -0.05) is 30.3 Å². The Bertz CT molecular complexity index is 775. The molecule has 3 aromatic rings. The summed E-state index contributed by atoms with van der Waals surface area (Å²) in [6.45, 7) is 2.03. The van der Waals surface area contributed by atoms with Gasteiger partial charge in [-0.3, -0.25) is 0 Å². The summed E-state index contributed by atoms with van der Waals surface area (Å²) in [6, 6.07) is 12.5. The Morgan fingerprint density at radius 1 is 1.15 bits per heavy atom. The molecule has 0 atom stereocenters. The molecule has 0 radical (unpaired) electrons. The number of hydrogen-bond donors (Lipinski definition) is 1. The number of benzene rings is 1. The lowest BCUT2D eigenvalue weighted by Gasteiger charge is -2.02. The van der Waals surface area contributed by atoms with Gasteiger partial charge in [-0.05, 0) is 24.1 Å². The van der Waals surface area contributed by atoms with Gasteiger partial charge in [-0.15, -0.1) is 11.3 Å². The smallest absolute Gasteiger partial charge is 0.189 e. The largest absolute Gasteiger partial charge is 0.316 e. The molecule has 20 heavy (non-hydrogen) atoms. The first-order valence-corrected chi connectivity index (χ1v) is 7.39. The standard InChI is InChI=1S/C16H13N3S/c1-10-6-7-14(17-9-10)18-16-19-15-12-5-3-2-4-11(12)8-13(15)20-16/h2-7,9H,8H2,1H3,(H,17,18,19). The van der Waals surface area contributed by atoms with Crippen molar-refractivity contribution < 1.29 is 0 Å². The van der Waals surface area contributed by atoms with E-state index in [9.17, 15) is 0 Å². The van der Waals surface area contributed by atoms with Gasteiger partial charge in [0.2, 0.25) is 0 Å². The third-order valence-electron chi connectivity index (χ3n) is 3.47. The molecule has 1 N–H and O–H groups in total. The van der Waals surface area contributed by atoms with Crippen molar-refractivity contribution >= 4 is 22.3 Å². The van der Waals surface area contributed by atoms with E-state index >= 15 is 0 Å². The van der Waals surface area contributed by atoms with Crippen LogP contribution in [0.3, 0.4) is 0 Å². The molecule has 4 rings (SSSR count). The quantitative estimate of drug-likeness (QED) is 0.598. The molecule has 0 unspecified atom stereocenters. The number of thiazole rings is 1. The lowest BCUT2D eigenvalue weighted by molar-refractivity contribution is 1.25. The Labute approximate surface area is 121 Å². The van der Waals surface area contributed by atoms with E-state index in [4.69, 9.17) is 4.98 Å². The van der Waals surface area contributed by atoms with E-state index in [1.54, 1.807) is 11.3 Å². The van der Waals surface area contributed by atoms with Crippen LogP contribution in [0.4, 0.5) is 10.9 Å². The first kappa shape index (κ1) is 11.6. The van der Waals surface area contributed by atoms with Gasteiger partial charge in [0, 0.05) is 23.1 Å². The maximum absolute atomic E-state index is 4.72. The number of aromatic nitrogens is 2. The highest BCUT2D eigenvalue weighted by Crippen LogP contribution is 2.41. The van der Waals surface area contributed by atoms with E-state index < -0.39 is 0 Å². The number of pyridine rings is 1. The first-order chi connectivity index (χ1) is 9.79. The molecule has 1 aromatic carbocycles. The summed E-state index contributed by atoms with van der Waals surface area (Å²) in [7, 11) is 0. The second kappa shape index (κ2) is 4.42. The maximum Gasteiger partial charge on any atom is 0.189 e. The van der Waals surface area contributed by atoms with Crippen LogP contribution in [0, 0.1) is 6.92 Å². The number of rotatable bonds is 2. The highest BCUT2D eigenvalue weighted by molar-refractivity contribution is 7.16. The van der Waals surface area contributed by atoms with Gasteiger partial charge in [0.25, 0.3) is 0 Å². The summed E-state index contributed by atoms with van der Waals surface area (Å²) in [5.74, 6) is 0.844. The minimum Gasteiger partial charge on any atom is -0.316 e. The van der Waals surface area contributed by atoms with Gasteiger partial charge in [0.05, 0.1) is 5.69 Å². The Hall–Kier alpha value is -2.20. The van der Waals surface area contributed by atoms with Gasteiger partial charge in [-0.2, -0.15) is 0 Å². The molecule has 98 valence electrons. The topological polar surface area (TPSA) is 37.8 Å². The van der Waals surface area contributed by atoms with Gasteiger partial charge in [0.15, 0.2) is 5.13 Å². The minimum atomic E-state index is 0.844. The molecule has 2 heterocycles. The maximum atomic E-state index is 4.72. The zero-order chi connectivity index (χ0) is 13.5. The minimum absolute atomic E-state index is 0.844. The van der Waals surface area contributed by atoms with Crippen LogP contribution in [0.15, 0.2) is 42.6 Å². The predicted molar refractivity (Wildman–Crippen MR) is 82.6 cm³/mol. The second-order valence-corrected chi connectivity index (χ2v) is 6.05. The molecule has 1 aliphatic carbocycles. The van der Waals surface area contributed by atoms with E-state index in [1.165, 1.54) is 16.0 Å². The van der Waals surface area contributed by atoms with Gasteiger partial charge in [-0.25, -0.2) is 9.97 Å². The van der Waals surface area contributed by atoms with E-state index in [0.717, 1.165) is 28.6 Å². The van der Waals surface area contributed by atoms with Crippen LogP contribution < -0.4 is 5.32 Å². The van der Waals surface area contributed by atoms with Crippen molar-refractivity contribution in [3.8, 4) is 11.3 Å². The number of anilines is 2. The number of aryl methyl sites for hydroxylation is 1. The van der Waals surface area contributed by atoms with Crippen molar-refractivity contribution in [2.75, 3.05) is 5.32 Å². The van der Waals surface area contributed by atoms with Crippen molar-refractivity contribution in [3.05, 3.63) is 58.6 Å². The Morgan fingerprint density at radius 2 is 2.05 bits per heavy atom. The monoisotopic (exact) mass is 279 g/mol. The molecule has 4 heteroatoms. The average Bonchev–Trinajstić information content (AvgIpc) is 2.98. The third kappa shape index (κ3) is 1.89. The summed E-state index contributed by atoms with van der Waals surface area (Å²) >= 11 is 1.72. The van der Waals surface area contributed by atoms with Crippen LogP contribution >= 0.6 is 11.3 Å². The van der Waals surface area contributed by atoms with Crippen LogP contribution in [-0.2, 0) is 6.42 Å². The Morgan fingerprint density at radius 3 is 2.90 bits per heavy atom. The molecule has 0 spiro atoms. The molecule has 0 amide bonds. The molecule has 0 bridgehead atoms. The van der Waals surface area contributed by atoms with Gasteiger partial charge >= 0.3 is 0 Å². The van der Waals surface area contributed by atoms with E-state index in [0.29, 0.717) is 0 Å². The highest BCUT2D eigenvalue weighted by atomic mass is 32.1. The van der Waals surface area contributed by atoms with E-state index in [1.807, 2.05) is 25.3 Å². The summed E-state index contributed by atoms with van der Waals surface area (Å²) in [5.41, 5.74) is 4.93. The third-order valence-corrected chi connectivity index (χ3v) is 4.44. The normalized spacial score (nSPS) is 12.1. The van der Waals surface area contributed by atoms with Crippen LogP contribution in [-0.4, -0.2) is 9.97 Å². The van der Waals surface area contributed by atoms with Gasteiger partial charge < -0.3 is 5.32 Å². The van der Waals surface area contributed by atoms with Gasteiger partial charge in [0.1, 0.15) is 5.82 Å². The fraction of sp³-hybridized carbons (Fsp3) is 0.125. The average molecular weight is 279 g/mol. The first-order valence-electron chi connectivity index (χ1n) is 6.57. The SMILES string of the molecule is Cc1ccc(Nc2nc3c(s2)Cc2ccccc2-3)nc1. The fourth-order valence-electron chi connectivity index (χ4n) is 2.47. The van der Waals surface area contributed by atoms with Crippen LogP contribution in [0.25, 0.3) is 11.3 Å². The van der Waals surface area contributed by atoms with Crippen LogP contribution in [0.5, 0.6) is 0 Å². The van der Waals surface area contributed by atoms with Crippen molar-refractivity contribution in [2.24, 2.45) is 0 Å². The highest BCUT2D eigenvalue weighted by Gasteiger charge is 2.22. The van der Waals surface area contributed by atoms with Crippen molar-refractivity contribution in [3.63, 3.8) is 0 Å². The molecular weight excluding hydrogens is 266 g/mol. The molecule has 0 saturated heterocycles. The molecule has 0 fully saturated rings. The molecule has 1 aliphatic rings. The zero-order valence-corrected chi connectivity index (χ0v) is 11.9. The number of nitrogens with zero attached hydrogens (tertiary/aromatic N) is 2. The molecule has 0 aliphatic heterocycles.